The molecule has 0 bridgehead atoms. The van der Waals surface area contributed by atoms with E-state index in [0.29, 0.717) is 11.7 Å². The lowest BCUT2D eigenvalue weighted by Gasteiger charge is -2.09. The van der Waals surface area contributed by atoms with Crippen LogP contribution in [0.2, 0.25) is 5.15 Å². The Morgan fingerprint density at radius 2 is 2.06 bits per heavy atom. The highest BCUT2D eigenvalue weighted by atomic mass is 35.5. The Balaban J connectivity index is 0.00000162. The number of hydrogen-bond acceptors (Lipinski definition) is 3. The fourth-order valence-corrected chi connectivity index (χ4v) is 1.69. The molecule has 3 nitrogen and oxygen atoms in total. The van der Waals surface area contributed by atoms with Crippen molar-refractivity contribution in [3.63, 3.8) is 0 Å². The van der Waals surface area contributed by atoms with Crippen molar-refractivity contribution >= 4 is 35.5 Å². The van der Waals surface area contributed by atoms with E-state index in [4.69, 9.17) is 17.3 Å². The number of nitrogens with one attached hydrogen (secondary N) is 1. The number of aryl methyl sites for hydroxylation is 1. The molecule has 0 aliphatic heterocycles. The number of aromatic nitrogens is 1. The van der Waals surface area contributed by atoms with Crippen LogP contribution in [-0.2, 0) is 6.54 Å². The first-order chi connectivity index (χ1) is 8.19. The van der Waals surface area contributed by atoms with Gasteiger partial charge < -0.3 is 11.1 Å². The van der Waals surface area contributed by atoms with Gasteiger partial charge >= 0.3 is 0 Å². The van der Waals surface area contributed by atoms with Crippen molar-refractivity contribution in [3.05, 3.63) is 52.7 Å². The Morgan fingerprint density at radius 3 is 2.78 bits per heavy atom. The van der Waals surface area contributed by atoms with E-state index in [2.05, 4.69) is 10.3 Å². The molecule has 0 amide bonds. The normalized spacial score (nSPS) is 9.72. The second-order valence-electron chi connectivity index (χ2n) is 3.83. The average molecular weight is 284 g/mol. The molecule has 0 aliphatic carbocycles. The fourth-order valence-electron chi connectivity index (χ4n) is 1.54. The molecular formula is C13H15Cl2N3. The van der Waals surface area contributed by atoms with Crippen molar-refractivity contribution in [1.29, 1.82) is 0 Å². The molecule has 0 saturated heterocycles. The maximum Gasteiger partial charge on any atom is 0.135 e. The molecule has 18 heavy (non-hydrogen) atoms. The van der Waals surface area contributed by atoms with Crippen LogP contribution in [0.5, 0.6) is 0 Å². The highest BCUT2D eigenvalue weighted by molar-refractivity contribution is 6.29. The largest absolute Gasteiger partial charge is 0.340 e. The van der Waals surface area contributed by atoms with Gasteiger partial charge in [0.25, 0.3) is 0 Å². The summed E-state index contributed by atoms with van der Waals surface area (Å²) in [5.41, 5.74) is 8.69. The van der Waals surface area contributed by atoms with Gasteiger partial charge in [-0.25, -0.2) is 4.98 Å². The van der Waals surface area contributed by atoms with Crippen LogP contribution in [0.1, 0.15) is 11.1 Å². The zero-order valence-electron chi connectivity index (χ0n) is 9.98. The molecular weight excluding hydrogens is 269 g/mol. The number of pyridine rings is 1. The summed E-state index contributed by atoms with van der Waals surface area (Å²) in [4.78, 5) is 4.25. The molecule has 1 heterocycles. The molecule has 1 aromatic carbocycles. The van der Waals surface area contributed by atoms with E-state index in [0.717, 1.165) is 22.6 Å². The molecule has 0 unspecified atom stereocenters. The lowest BCUT2D eigenvalue weighted by Crippen LogP contribution is -1.99. The number of nitrogens with zero attached hydrogens (tertiary/aromatic N) is 1. The third-order valence-electron chi connectivity index (χ3n) is 2.49. The molecule has 3 N–H and O–H groups in total. The van der Waals surface area contributed by atoms with E-state index in [-0.39, 0.29) is 12.4 Å². The van der Waals surface area contributed by atoms with Gasteiger partial charge in [0.05, 0.1) is 0 Å². The first-order valence-corrected chi connectivity index (χ1v) is 5.76. The molecule has 0 fully saturated rings. The predicted molar refractivity (Wildman–Crippen MR) is 78.8 cm³/mol. The van der Waals surface area contributed by atoms with Crippen molar-refractivity contribution in [2.75, 3.05) is 5.32 Å². The van der Waals surface area contributed by atoms with Gasteiger partial charge in [-0.05, 0) is 36.2 Å². The van der Waals surface area contributed by atoms with E-state index >= 15 is 0 Å². The van der Waals surface area contributed by atoms with Crippen molar-refractivity contribution in [2.24, 2.45) is 5.73 Å². The summed E-state index contributed by atoms with van der Waals surface area (Å²) >= 11 is 5.87. The van der Waals surface area contributed by atoms with E-state index in [1.54, 1.807) is 6.07 Å². The van der Waals surface area contributed by atoms with Crippen LogP contribution in [0.4, 0.5) is 11.5 Å². The van der Waals surface area contributed by atoms with Crippen LogP contribution >= 0.6 is 24.0 Å². The van der Waals surface area contributed by atoms with Crippen LogP contribution in [-0.4, -0.2) is 4.98 Å². The smallest absolute Gasteiger partial charge is 0.135 e. The molecule has 0 radical (unpaired) electrons. The van der Waals surface area contributed by atoms with Crippen LogP contribution in [0.3, 0.4) is 0 Å². The number of anilines is 2. The van der Waals surface area contributed by atoms with Gasteiger partial charge in [0, 0.05) is 12.2 Å². The van der Waals surface area contributed by atoms with E-state index < -0.39 is 0 Å². The first-order valence-electron chi connectivity index (χ1n) is 5.38. The summed E-state index contributed by atoms with van der Waals surface area (Å²) in [5, 5.41) is 3.72. The maximum absolute atomic E-state index is 5.87. The van der Waals surface area contributed by atoms with Crippen molar-refractivity contribution in [3.8, 4) is 0 Å². The standard InChI is InChI=1S/C13H14ClN3.ClH/c1-9-5-6-12(14)17-13(9)16-11-4-2-3-10(7-11)8-15;/h2-7H,8,15H2,1H3,(H,16,17);1H. The van der Waals surface area contributed by atoms with E-state index in [1.807, 2.05) is 37.3 Å². The summed E-state index contributed by atoms with van der Waals surface area (Å²) < 4.78 is 0. The molecule has 1 aromatic heterocycles. The van der Waals surface area contributed by atoms with Gasteiger partial charge in [-0.2, -0.15) is 0 Å². The van der Waals surface area contributed by atoms with Gasteiger partial charge in [0.15, 0.2) is 0 Å². The first kappa shape index (κ1) is 14.8. The summed E-state index contributed by atoms with van der Waals surface area (Å²) in [6.07, 6.45) is 0. The Hall–Kier alpha value is -1.29. The monoisotopic (exact) mass is 283 g/mol. The second kappa shape index (κ2) is 6.59. The third-order valence-corrected chi connectivity index (χ3v) is 2.70. The van der Waals surface area contributed by atoms with Crippen molar-refractivity contribution in [2.45, 2.75) is 13.5 Å². The molecule has 0 atom stereocenters. The zero-order valence-corrected chi connectivity index (χ0v) is 11.6. The maximum atomic E-state index is 5.87. The minimum absolute atomic E-state index is 0. The molecule has 0 aliphatic rings. The van der Waals surface area contributed by atoms with Crippen molar-refractivity contribution in [1.82, 2.24) is 4.98 Å². The van der Waals surface area contributed by atoms with Crippen LogP contribution in [0, 0.1) is 6.92 Å². The number of benzene rings is 1. The molecule has 5 heteroatoms. The summed E-state index contributed by atoms with van der Waals surface area (Å²) in [6.45, 7) is 2.51. The van der Waals surface area contributed by atoms with Gasteiger partial charge in [-0.15, -0.1) is 12.4 Å². The Bertz CT molecular complexity index is 529. The van der Waals surface area contributed by atoms with Gasteiger partial charge in [0.1, 0.15) is 11.0 Å². The lowest BCUT2D eigenvalue weighted by atomic mass is 10.2. The number of hydrogen-bond donors (Lipinski definition) is 2. The molecule has 96 valence electrons. The molecule has 0 saturated carbocycles. The minimum atomic E-state index is 0. The average Bonchev–Trinajstić information content (AvgIpc) is 2.34. The Morgan fingerprint density at radius 1 is 1.28 bits per heavy atom. The predicted octanol–water partition coefficient (Wildman–Crippen LogP) is 3.67. The van der Waals surface area contributed by atoms with E-state index in [9.17, 15) is 0 Å². The quantitative estimate of drug-likeness (QED) is 0.845. The van der Waals surface area contributed by atoms with Crippen LogP contribution in [0.15, 0.2) is 36.4 Å². The van der Waals surface area contributed by atoms with Gasteiger partial charge in [-0.3, -0.25) is 0 Å². The van der Waals surface area contributed by atoms with Crippen LogP contribution in [0.25, 0.3) is 0 Å². The molecule has 2 rings (SSSR count). The third kappa shape index (κ3) is 3.60. The second-order valence-corrected chi connectivity index (χ2v) is 4.22. The zero-order chi connectivity index (χ0) is 12.3. The number of nitrogens with two attached hydrogens (primary N) is 1. The Kier molecular flexibility index (Phi) is 5.41. The number of rotatable bonds is 3. The summed E-state index contributed by atoms with van der Waals surface area (Å²) in [5.74, 6) is 0.770. The molecule has 0 spiro atoms. The minimum Gasteiger partial charge on any atom is -0.340 e. The van der Waals surface area contributed by atoms with Gasteiger partial charge in [0.2, 0.25) is 0 Å². The molecule has 2 aromatic rings. The highest BCUT2D eigenvalue weighted by Crippen LogP contribution is 2.21. The summed E-state index contributed by atoms with van der Waals surface area (Å²) in [6, 6.07) is 11.6. The Labute approximate surface area is 118 Å². The SMILES string of the molecule is Cc1ccc(Cl)nc1Nc1cccc(CN)c1.Cl. The van der Waals surface area contributed by atoms with E-state index in [1.165, 1.54) is 0 Å². The topological polar surface area (TPSA) is 50.9 Å². The lowest BCUT2D eigenvalue weighted by molar-refractivity contribution is 1.07. The number of halogens is 2. The van der Waals surface area contributed by atoms with Gasteiger partial charge in [-0.1, -0.05) is 29.8 Å². The fraction of sp³-hybridized carbons (Fsp3) is 0.154. The highest BCUT2D eigenvalue weighted by Gasteiger charge is 2.02. The van der Waals surface area contributed by atoms with Crippen LogP contribution < -0.4 is 11.1 Å². The van der Waals surface area contributed by atoms with Crippen molar-refractivity contribution < 1.29 is 0 Å². The summed E-state index contributed by atoms with van der Waals surface area (Å²) in [7, 11) is 0.